The third-order valence-corrected chi connectivity index (χ3v) is 4.77. The highest BCUT2D eigenvalue weighted by Crippen LogP contribution is 2.31. The van der Waals surface area contributed by atoms with Crippen LogP contribution in [0, 0.1) is 5.82 Å². The summed E-state index contributed by atoms with van der Waals surface area (Å²) in [6.45, 7) is 0.407. The zero-order chi connectivity index (χ0) is 19.3. The third-order valence-electron chi connectivity index (χ3n) is 3.52. The molecule has 0 bridgehead atoms. The number of nitrogens with one attached hydrogen (secondary N) is 2. The van der Waals surface area contributed by atoms with Crippen molar-refractivity contribution >= 4 is 15.9 Å². The lowest BCUT2D eigenvalue weighted by molar-refractivity contribution is -0.123. The molecule has 0 saturated heterocycles. The molecular formula is C17H17FN2O6S. The van der Waals surface area contributed by atoms with Gasteiger partial charge in [-0.25, -0.2) is 12.8 Å². The molecule has 0 saturated carbocycles. The molecule has 0 spiro atoms. The first-order chi connectivity index (χ1) is 12.9. The molecule has 1 heterocycles. The number of ether oxygens (including phenoxy) is 3. The first-order valence-electron chi connectivity index (χ1n) is 8.03. The number of hydrogen-bond donors (Lipinski definition) is 2. The van der Waals surface area contributed by atoms with Gasteiger partial charge in [-0.3, -0.25) is 10.2 Å². The largest absolute Gasteiger partial charge is 0.490 e. The summed E-state index contributed by atoms with van der Waals surface area (Å²) in [5.41, 5.74) is 2.03. The Hall–Kier alpha value is -2.85. The average molecular weight is 396 g/mol. The minimum absolute atomic E-state index is 0.0990. The van der Waals surface area contributed by atoms with Crippen LogP contribution in [-0.4, -0.2) is 34.1 Å². The molecule has 2 aromatic carbocycles. The van der Waals surface area contributed by atoms with Gasteiger partial charge in [-0.15, -0.1) is 4.83 Å². The standard InChI is InChI=1S/C17H17FN2O6S/c18-12-3-1-4-13(9-12)26-11-17(21)19-20-27(22,23)14-5-6-15-16(10-14)25-8-2-7-24-15/h1,3-6,9-10,20H,2,7-8,11H2,(H,19,21). The predicted molar refractivity (Wildman–Crippen MR) is 92.4 cm³/mol. The van der Waals surface area contributed by atoms with Crippen LogP contribution in [-0.2, 0) is 14.8 Å². The molecule has 2 aromatic rings. The Labute approximate surface area is 155 Å². The first-order valence-corrected chi connectivity index (χ1v) is 9.51. The van der Waals surface area contributed by atoms with Gasteiger partial charge in [0, 0.05) is 18.6 Å². The molecule has 27 heavy (non-hydrogen) atoms. The molecule has 0 fully saturated rings. The maximum atomic E-state index is 13.0. The van der Waals surface area contributed by atoms with Crippen LogP contribution < -0.4 is 24.5 Å². The van der Waals surface area contributed by atoms with E-state index in [-0.39, 0.29) is 10.6 Å². The van der Waals surface area contributed by atoms with Crippen LogP contribution in [0.1, 0.15) is 6.42 Å². The number of carbonyl (C=O) groups is 1. The van der Waals surface area contributed by atoms with Gasteiger partial charge < -0.3 is 14.2 Å². The predicted octanol–water partition coefficient (Wildman–Crippen LogP) is 1.38. The van der Waals surface area contributed by atoms with Crippen molar-refractivity contribution < 1.29 is 31.8 Å². The van der Waals surface area contributed by atoms with E-state index in [1.807, 2.05) is 10.3 Å². The summed E-state index contributed by atoms with van der Waals surface area (Å²) in [6.07, 6.45) is 0.691. The number of sulfonamides is 1. The molecular weight excluding hydrogens is 379 g/mol. The van der Waals surface area contributed by atoms with Crippen LogP contribution in [0.3, 0.4) is 0 Å². The fourth-order valence-electron chi connectivity index (χ4n) is 2.24. The number of fused-ring (bicyclic) bond motifs is 1. The van der Waals surface area contributed by atoms with E-state index < -0.39 is 28.4 Å². The van der Waals surface area contributed by atoms with Crippen molar-refractivity contribution in [1.82, 2.24) is 10.3 Å². The molecule has 0 radical (unpaired) electrons. The lowest BCUT2D eigenvalue weighted by Crippen LogP contribution is -2.43. The molecule has 10 heteroatoms. The topological polar surface area (TPSA) is 103 Å². The van der Waals surface area contributed by atoms with E-state index in [9.17, 15) is 17.6 Å². The molecule has 3 rings (SSSR count). The van der Waals surface area contributed by atoms with Crippen LogP contribution in [0.5, 0.6) is 17.2 Å². The number of hydrogen-bond acceptors (Lipinski definition) is 6. The summed E-state index contributed by atoms with van der Waals surface area (Å²) in [6, 6.07) is 9.38. The van der Waals surface area contributed by atoms with Crippen molar-refractivity contribution in [3.05, 3.63) is 48.3 Å². The fourth-order valence-corrected chi connectivity index (χ4v) is 3.11. The molecule has 0 aromatic heterocycles. The highest BCUT2D eigenvalue weighted by molar-refractivity contribution is 7.89. The molecule has 8 nitrogen and oxygen atoms in total. The lowest BCUT2D eigenvalue weighted by Gasteiger charge is -2.12. The Morgan fingerprint density at radius 3 is 2.67 bits per heavy atom. The summed E-state index contributed by atoms with van der Waals surface area (Å²) in [5, 5.41) is 0. The van der Waals surface area contributed by atoms with Crippen molar-refractivity contribution in [2.24, 2.45) is 0 Å². The van der Waals surface area contributed by atoms with E-state index in [4.69, 9.17) is 14.2 Å². The highest BCUT2D eigenvalue weighted by Gasteiger charge is 2.19. The van der Waals surface area contributed by atoms with Gasteiger partial charge in [-0.05, 0) is 24.3 Å². The zero-order valence-electron chi connectivity index (χ0n) is 14.1. The van der Waals surface area contributed by atoms with Crippen LogP contribution in [0.4, 0.5) is 4.39 Å². The Balaban J connectivity index is 1.58. The molecule has 1 aliphatic heterocycles. The van der Waals surface area contributed by atoms with Gasteiger partial charge in [0.2, 0.25) is 0 Å². The summed E-state index contributed by atoms with van der Waals surface area (Å²) in [7, 11) is -4.02. The van der Waals surface area contributed by atoms with Gasteiger partial charge in [-0.1, -0.05) is 6.07 Å². The molecule has 0 atom stereocenters. The highest BCUT2D eigenvalue weighted by atomic mass is 32.2. The summed E-state index contributed by atoms with van der Waals surface area (Å²) >= 11 is 0. The molecule has 2 N–H and O–H groups in total. The van der Waals surface area contributed by atoms with E-state index in [1.165, 1.54) is 36.4 Å². The van der Waals surface area contributed by atoms with Crippen LogP contribution >= 0.6 is 0 Å². The Bertz CT molecular complexity index is 935. The second kappa shape index (κ2) is 8.23. The van der Waals surface area contributed by atoms with Gasteiger partial charge in [0.1, 0.15) is 11.6 Å². The van der Waals surface area contributed by atoms with E-state index in [0.29, 0.717) is 31.1 Å². The third kappa shape index (κ3) is 5.08. The number of benzene rings is 2. The van der Waals surface area contributed by atoms with Crippen molar-refractivity contribution in [2.75, 3.05) is 19.8 Å². The monoisotopic (exact) mass is 396 g/mol. The molecule has 0 unspecified atom stereocenters. The fraction of sp³-hybridized carbons (Fsp3) is 0.235. The SMILES string of the molecule is O=C(COc1cccc(F)c1)NNS(=O)(=O)c1ccc2c(c1)OCCCO2. The van der Waals surface area contributed by atoms with Crippen molar-refractivity contribution in [2.45, 2.75) is 11.3 Å². The first kappa shape index (κ1) is 18.9. The number of hydrazine groups is 1. The van der Waals surface area contributed by atoms with Gasteiger partial charge in [0.25, 0.3) is 15.9 Å². The molecule has 0 aliphatic carbocycles. The Morgan fingerprint density at radius 1 is 1.11 bits per heavy atom. The van der Waals surface area contributed by atoms with E-state index >= 15 is 0 Å². The van der Waals surface area contributed by atoms with E-state index in [1.54, 1.807) is 0 Å². The van der Waals surface area contributed by atoms with Gasteiger partial charge in [0.05, 0.1) is 18.1 Å². The van der Waals surface area contributed by atoms with Gasteiger partial charge in [-0.2, -0.15) is 0 Å². The van der Waals surface area contributed by atoms with Crippen LogP contribution in [0.25, 0.3) is 0 Å². The molecule has 1 aliphatic rings. The van der Waals surface area contributed by atoms with Crippen molar-refractivity contribution in [3.63, 3.8) is 0 Å². The summed E-state index contributed by atoms with van der Waals surface area (Å²) < 4.78 is 53.6. The quantitative estimate of drug-likeness (QED) is 0.715. The normalized spacial score (nSPS) is 13.5. The summed E-state index contributed by atoms with van der Waals surface area (Å²) in [4.78, 5) is 13.6. The number of amides is 1. The zero-order valence-corrected chi connectivity index (χ0v) is 14.9. The second-order valence-electron chi connectivity index (χ2n) is 5.56. The van der Waals surface area contributed by atoms with Crippen molar-refractivity contribution in [3.8, 4) is 17.2 Å². The van der Waals surface area contributed by atoms with E-state index in [0.717, 1.165) is 6.07 Å². The van der Waals surface area contributed by atoms with Crippen LogP contribution in [0.2, 0.25) is 0 Å². The minimum Gasteiger partial charge on any atom is -0.490 e. The second-order valence-corrected chi connectivity index (χ2v) is 7.24. The van der Waals surface area contributed by atoms with Gasteiger partial charge in [0.15, 0.2) is 18.1 Å². The maximum Gasteiger partial charge on any atom is 0.272 e. The maximum absolute atomic E-state index is 13.0. The number of halogens is 1. The summed E-state index contributed by atoms with van der Waals surface area (Å²) in [5.74, 6) is -0.341. The Morgan fingerprint density at radius 2 is 1.89 bits per heavy atom. The lowest BCUT2D eigenvalue weighted by atomic mass is 10.3. The number of rotatable bonds is 6. The van der Waals surface area contributed by atoms with Crippen LogP contribution in [0.15, 0.2) is 47.4 Å². The smallest absolute Gasteiger partial charge is 0.272 e. The molecule has 144 valence electrons. The van der Waals surface area contributed by atoms with Gasteiger partial charge >= 0.3 is 0 Å². The number of carbonyl (C=O) groups excluding carboxylic acids is 1. The minimum atomic E-state index is -4.02. The Kier molecular flexibility index (Phi) is 5.77. The molecule has 1 amide bonds. The van der Waals surface area contributed by atoms with E-state index in [2.05, 4.69) is 0 Å². The average Bonchev–Trinajstić information content (AvgIpc) is 2.89. The van der Waals surface area contributed by atoms with Crippen molar-refractivity contribution in [1.29, 1.82) is 0 Å².